The molecule has 1 aromatic rings. The predicted molar refractivity (Wildman–Crippen MR) is 76.9 cm³/mol. The maximum absolute atomic E-state index is 5.18. The molecule has 0 aliphatic heterocycles. The summed E-state index contributed by atoms with van der Waals surface area (Å²) in [4.78, 5) is 0. The lowest BCUT2D eigenvalue weighted by Gasteiger charge is -2.20. The Hall–Kier alpha value is -0.740. The van der Waals surface area contributed by atoms with E-state index in [9.17, 15) is 0 Å². The van der Waals surface area contributed by atoms with Gasteiger partial charge in [-0.15, -0.1) is 0 Å². The first-order valence-corrected chi connectivity index (χ1v) is 6.54. The maximum atomic E-state index is 5.18. The number of hydrogen-bond donors (Lipinski definition) is 2. The molecule has 0 saturated carbocycles. The van der Waals surface area contributed by atoms with Crippen molar-refractivity contribution >= 4 is 21.6 Å². The van der Waals surface area contributed by atoms with Crippen molar-refractivity contribution in [3.05, 3.63) is 22.7 Å². The molecule has 4 heteroatoms. The van der Waals surface area contributed by atoms with Gasteiger partial charge in [0.25, 0.3) is 0 Å². The molecule has 0 spiro atoms. The topological polar surface area (TPSA) is 33.3 Å². The lowest BCUT2D eigenvalue weighted by molar-refractivity contribution is 0.412. The molecule has 0 atom stereocenters. The predicted octanol–water partition coefficient (Wildman–Crippen LogP) is 3.26. The van der Waals surface area contributed by atoms with E-state index in [1.54, 1.807) is 7.11 Å². The van der Waals surface area contributed by atoms with Crippen LogP contribution in [0.25, 0.3) is 0 Å². The first-order chi connectivity index (χ1) is 7.92. The largest absolute Gasteiger partial charge is 0.496 e. The van der Waals surface area contributed by atoms with Crippen molar-refractivity contribution < 1.29 is 4.74 Å². The lowest BCUT2D eigenvalue weighted by Crippen LogP contribution is -2.38. The number of ether oxygens (including phenoxy) is 1. The minimum Gasteiger partial charge on any atom is -0.496 e. The van der Waals surface area contributed by atoms with Gasteiger partial charge in [-0.3, -0.25) is 0 Å². The Morgan fingerprint density at radius 3 is 2.47 bits per heavy atom. The fourth-order valence-corrected chi connectivity index (χ4v) is 1.96. The Kier molecular flexibility index (Phi) is 5.28. The highest BCUT2D eigenvalue weighted by Crippen LogP contribution is 2.27. The minimum atomic E-state index is 0.169. The van der Waals surface area contributed by atoms with E-state index in [-0.39, 0.29) is 5.54 Å². The zero-order valence-electron chi connectivity index (χ0n) is 10.9. The molecule has 0 heterocycles. The molecule has 0 fully saturated rings. The van der Waals surface area contributed by atoms with Crippen LogP contribution in [0.5, 0.6) is 5.75 Å². The molecule has 0 aliphatic carbocycles. The summed E-state index contributed by atoms with van der Waals surface area (Å²) >= 11 is 3.47. The van der Waals surface area contributed by atoms with Crippen LogP contribution in [-0.2, 0) is 0 Å². The highest BCUT2D eigenvalue weighted by Gasteiger charge is 2.07. The quantitative estimate of drug-likeness (QED) is 0.819. The van der Waals surface area contributed by atoms with E-state index >= 15 is 0 Å². The molecule has 0 radical (unpaired) electrons. The van der Waals surface area contributed by atoms with Crippen molar-refractivity contribution in [2.45, 2.75) is 26.3 Å². The third-order valence-corrected chi connectivity index (χ3v) is 2.88. The summed E-state index contributed by atoms with van der Waals surface area (Å²) in [6, 6.07) is 5.99. The summed E-state index contributed by atoms with van der Waals surface area (Å²) in [7, 11) is 1.67. The van der Waals surface area contributed by atoms with Gasteiger partial charge in [-0.1, -0.05) is 0 Å². The van der Waals surface area contributed by atoms with Crippen molar-refractivity contribution in [1.29, 1.82) is 0 Å². The van der Waals surface area contributed by atoms with Crippen LogP contribution in [-0.4, -0.2) is 25.7 Å². The van der Waals surface area contributed by atoms with Gasteiger partial charge in [-0.05, 0) is 54.9 Å². The molecule has 0 aliphatic rings. The Morgan fingerprint density at radius 1 is 1.24 bits per heavy atom. The number of benzene rings is 1. The van der Waals surface area contributed by atoms with E-state index in [4.69, 9.17) is 4.74 Å². The highest BCUT2D eigenvalue weighted by atomic mass is 79.9. The van der Waals surface area contributed by atoms with Crippen LogP contribution in [0.3, 0.4) is 0 Å². The SMILES string of the molecule is COc1ccc(NCCNC(C)(C)C)cc1Br. The van der Waals surface area contributed by atoms with Crippen LogP contribution in [0.2, 0.25) is 0 Å². The molecular formula is C13H21BrN2O. The van der Waals surface area contributed by atoms with Gasteiger partial charge in [0.05, 0.1) is 11.6 Å². The lowest BCUT2D eigenvalue weighted by atomic mass is 10.1. The molecule has 0 unspecified atom stereocenters. The first-order valence-electron chi connectivity index (χ1n) is 5.75. The summed E-state index contributed by atoms with van der Waals surface area (Å²) in [5.74, 6) is 0.850. The fraction of sp³-hybridized carbons (Fsp3) is 0.538. The zero-order chi connectivity index (χ0) is 12.9. The average Bonchev–Trinajstić information content (AvgIpc) is 2.23. The fourth-order valence-electron chi connectivity index (χ4n) is 1.42. The monoisotopic (exact) mass is 300 g/mol. The maximum Gasteiger partial charge on any atom is 0.133 e. The number of anilines is 1. The molecule has 1 rings (SSSR count). The third kappa shape index (κ3) is 5.41. The Bertz CT molecular complexity index is 361. The molecule has 0 bridgehead atoms. The number of halogens is 1. The van der Waals surface area contributed by atoms with Crippen LogP contribution in [0.1, 0.15) is 20.8 Å². The third-order valence-electron chi connectivity index (χ3n) is 2.26. The molecule has 3 nitrogen and oxygen atoms in total. The smallest absolute Gasteiger partial charge is 0.133 e. The van der Waals surface area contributed by atoms with E-state index in [0.29, 0.717) is 0 Å². The van der Waals surface area contributed by atoms with Crippen molar-refractivity contribution in [3.8, 4) is 5.75 Å². The van der Waals surface area contributed by atoms with Crippen molar-refractivity contribution in [3.63, 3.8) is 0 Å². The second kappa shape index (κ2) is 6.26. The normalized spacial score (nSPS) is 11.4. The van der Waals surface area contributed by atoms with Crippen molar-refractivity contribution in [2.75, 3.05) is 25.5 Å². The Balaban J connectivity index is 2.40. The molecule has 2 N–H and O–H groups in total. The Labute approximate surface area is 112 Å². The summed E-state index contributed by atoms with van der Waals surface area (Å²) in [5, 5.41) is 6.79. The molecule has 0 amide bonds. The summed E-state index contributed by atoms with van der Waals surface area (Å²) in [6.45, 7) is 8.33. The molecule has 0 aromatic heterocycles. The van der Waals surface area contributed by atoms with E-state index < -0.39 is 0 Å². The number of nitrogens with one attached hydrogen (secondary N) is 2. The second-order valence-corrected chi connectivity index (χ2v) is 5.81. The molecule has 0 saturated heterocycles. The standard InChI is InChI=1S/C13H21BrN2O/c1-13(2,3)16-8-7-15-10-5-6-12(17-4)11(14)9-10/h5-6,9,15-16H,7-8H2,1-4H3. The van der Waals surface area contributed by atoms with Crippen LogP contribution in [0, 0.1) is 0 Å². The summed E-state index contributed by atoms with van der Waals surface area (Å²) in [5.41, 5.74) is 1.26. The first kappa shape index (κ1) is 14.3. The van der Waals surface area contributed by atoms with Gasteiger partial charge >= 0.3 is 0 Å². The van der Waals surface area contributed by atoms with Crippen LogP contribution >= 0.6 is 15.9 Å². The minimum absolute atomic E-state index is 0.169. The van der Waals surface area contributed by atoms with Gasteiger partial charge < -0.3 is 15.4 Å². The van der Waals surface area contributed by atoms with Gasteiger partial charge in [-0.2, -0.15) is 0 Å². The number of rotatable bonds is 5. The van der Waals surface area contributed by atoms with E-state index in [0.717, 1.165) is 29.0 Å². The van der Waals surface area contributed by atoms with Crippen LogP contribution in [0.15, 0.2) is 22.7 Å². The van der Waals surface area contributed by atoms with E-state index in [2.05, 4.69) is 47.3 Å². The van der Waals surface area contributed by atoms with Gasteiger partial charge in [0.2, 0.25) is 0 Å². The molecule has 96 valence electrons. The van der Waals surface area contributed by atoms with Crippen molar-refractivity contribution in [2.24, 2.45) is 0 Å². The summed E-state index contributed by atoms with van der Waals surface area (Å²) in [6.07, 6.45) is 0. The average molecular weight is 301 g/mol. The Morgan fingerprint density at radius 2 is 1.94 bits per heavy atom. The van der Waals surface area contributed by atoms with Crippen LogP contribution in [0.4, 0.5) is 5.69 Å². The highest BCUT2D eigenvalue weighted by molar-refractivity contribution is 9.10. The molecule has 17 heavy (non-hydrogen) atoms. The van der Waals surface area contributed by atoms with Gasteiger partial charge in [0.1, 0.15) is 5.75 Å². The van der Waals surface area contributed by atoms with Gasteiger partial charge in [-0.25, -0.2) is 0 Å². The summed E-state index contributed by atoms with van der Waals surface area (Å²) < 4.78 is 6.15. The van der Waals surface area contributed by atoms with Gasteiger partial charge in [0.15, 0.2) is 0 Å². The number of methoxy groups -OCH3 is 1. The second-order valence-electron chi connectivity index (χ2n) is 4.95. The zero-order valence-corrected chi connectivity index (χ0v) is 12.5. The van der Waals surface area contributed by atoms with Gasteiger partial charge in [0, 0.05) is 24.3 Å². The van der Waals surface area contributed by atoms with E-state index in [1.807, 2.05) is 18.2 Å². The van der Waals surface area contributed by atoms with Crippen molar-refractivity contribution in [1.82, 2.24) is 5.32 Å². The molecule has 1 aromatic carbocycles. The van der Waals surface area contributed by atoms with E-state index in [1.165, 1.54) is 0 Å². The van der Waals surface area contributed by atoms with Crippen LogP contribution < -0.4 is 15.4 Å². The number of hydrogen-bond acceptors (Lipinski definition) is 3. The molecular weight excluding hydrogens is 280 g/mol.